The van der Waals surface area contributed by atoms with Gasteiger partial charge in [-0.05, 0) is 52.3 Å². The standard InChI is InChI=1S/C13H8Br3ClO/c14-7-8-5-10(17)2-4-12(8)18-13-3-1-9(15)6-11(13)16/h1-6H,7H2. The van der Waals surface area contributed by atoms with E-state index in [9.17, 15) is 0 Å². The highest BCUT2D eigenvalue weighted by Crippen LogP contribution is 2.34. The fourth-order valence-corrected chi connectivity index (χ4v) is 3.19. The Balaban J connectivity index is 2.33. The van der Waals surface area contributed by atoms with Crippen LogP contribution in [0.25, 0.3) is 0 Å². The third kappa shape index (κ3) is 3.50. The first kappa shape index (κ1) is 14.4. The van der Waals surface area contributed by atoms with Crippen LogP contribution in [0.2, 0.25) is 5.02 Å². The van der Waals surface area contributed by atoms with E-state index in [1.165, 1.54) is 0 Å². The lowest BCUT2D eigenvalue weighted by molar-refractivity contribution is 0.475. The van der Waals surface area contributed by atoms with Crippen molar-refractivity contribution in [3.63, 3.8) is 0 Å². The molecule has 2 aromatic carbocycles. The Kier molecular flexibility index (Phi) is 5.13. The molecule has 0 amide bonds. The summed E-state index contributed by atoms with van der Waals surface area (Å²) in [6.07, 6.45) is 0. The molecule has 94 valence electrons. The van der Waals surface area contributed by atoms with Gasteiger partial charge in [-0.2, -0.15) is 0 Å². The summed E-state index contributed by atoms with van der Waals surface area (Å²) in [5, 5.41) is 1.39. The van der Waals surface area contributed by atoms with Gasteiger partial charge < -0.3 is 4.74 Å². The SMILES string of the molecule is Clc1ccc(Oc2ccc(Br)cc2Br)c(CBr)c1. The molecule has 0 N–H and O–H groups in total. The highest BCUT2D eigenvalue weighted by Gasteiger charge is 2.08. The van der Waals surface area contributed by atoms with E-state index < -0.39 is 0 Å². The van der Waals surface area contributed by atoms with Crippen molar-refractivity contribution in [2.24, 2.45) is 0 Å². The van der Waals surface area contributed by atoms with E-state index in [2.05, 4.69) is 47.8 Å². The number of ether oxygens (including phenoxy) is 1. The molecule has 0 saturated heterocycles. The monoisotopic (exact) mass is 452 g/mol. The van der Waals surface area contributed by atoms with Crippen molar-refractivity contribution in [3.05, 3.63) is 55.9 Å². The topological polar surface area (TPSA) is 9.23 Å². The van der Waals surface area contributed by atoms with E-state index >= 15 is 0 Å². The molecule has 0 bridgehead atoms. The van der Waals surface area contributed by atoms with Crippen molar-refractivity contribution in [3.8, 4) is 11.5 Å². The summed E-state index contributed by atoms with van der Waals surface area (Å²) < 4.78 is 7.78. The zero-order valence-corrected chi connectivity index (χ0v) is 14.6. The quantitative estimate of drug-likeness (QED) is 0.477. The third-order valence-corrected chi connectivity index (χ3v) is 4.23. The fraction of sp³-hybridized carbons (Fsp3) is 0.0769. The van der Waals surface area contributed by atoms with Gasteiger partial charge in [0, 0.05) is 20.4 Å². The summed E-state index contributed by atoms with van der Waals surface area (Å²) in [5.41, 5.74) is 1.01. The Hall–Kier alpha value is -0.0300. The Morgan fingerprint density at radius 1 is 1.00 bits per heavy atom. The minimum atomic E-state index is 0.692. The molecule has 0 radical (unpaired) electrons. The van der Waals surface area contributed by atoms with Gasteiger partial charge in [-0.25, -0.2) is 0 Å². The molecule has 2 aromatic rings. The minimum Gasteiger partial charge on any atom is -0.456 e. The normalized spacial score (nSPS) is 10.4. The zero-order chi connectivity index (χ0) is 13.1. The van der Waals surface area contributed by atoms with E-state index in [-0.39, 0.29) is 0 Å². The number of hydrogen-bond acceptors (Lipinski definition) is 1. The molecule has 0 aromatic heterocycles. The summed E-state index contributed by atoms with van der Waals surface area (Å²) in [4.78, 5) is 0. The third-order valence-electron chi connectivity index (χ3n) is 2.28. The first-order valence-electron chi connectivity index (χ1n) is 5.07. The minimum absolute atomic E-state index is 0.692. The Morgan fingerprint density at radius 2 is 1.72 bits per heavy atom. The molecule has 5 heteroatoms. The molecular formula is C13H8Br3ClO. The lowest BCUT2D eigenvalue weighted by Crippen LogP contribution is -1.90. The van der Waals surface area contributed by atoms with Gasteiger partial charge in [-0.1, -0.05) is 43.5 Å². The van der Waals surface area contributed by atoms with Crippen LogP contribution in [0.3, 0.4) is 0 Å². The van der Waals surface area contributed by atoms with Crippen LogP contribution in [0.5, 0.6) is 11.5 Å². The van der Waals surface area contributed by atoms with Gasteiger partial charge in [0.1, 0.15) is 11.5 Å². The second-order valence-electron chi connectivity index (χ2n) is 3.56. The van der Waals surface area contributed by atoms with Crippen LogP contribution in [0.1, 0.15) is 5.56 Å². The second kappa shape index (κ2) is 6.42. The smallest absolute Gasteiger partial charge is 0.141 e. The summed E-state index contributed by atoms with van der Waals surface area (Å²) in [6, 6.07) is 11.4. The molecule has 0 heterocycles. The highest BCUT2D eigenvalue weighted by atomic mass is 79.9. The lowest BCUT2D eigenvalue weighted by atomic mass is 10.2. The largest absolute Gasteiger partial charge is 0.456 e. The molecule has 1 nitrogen and oxygen atoms in total. The van der Waals surface area contributed by atoms with Crippen molar-refractivity contribution >= 4 is 59.4 Å². The molecule has 0 fully saturated rings. The van der Waals surface area contributed by atoms with Crippen LogP contribution in [-0.4, -0.2) is 0 Å². The van der Waals surface area contributed by atoms with Gasteiger partial charge in [0.15, 0.2) is 0 Å². The first-order chi connectivity index (χ1) is 8.60. The molecule has 0 spiro atoms. The van der Waals surface area contributed by atoms with Crippen LogP contribution in [0, 0.1) is 0 Å². The maximum absolute atomic E-state index is 5.96. The van der Waals surface area contributed by atoms with E-state index in [0.717, 1.165) is 26.0 Å². The van der Waals surface area contributed by atoms with Crippen LogP contribution in [0.15, 0.2) is 45.3 Å². The van der Waals surface area contributed by atoms with Crippen LogP contribution < -0.4 is 4.74 Å². The lowest BCUT2D eigenvalue weighted by Gasteiger charge is -2.11. The summed E-state index contributed by atoms with van der Waals surface area (Å²) in [7, 11) is 0. The van der Waals surface area contributed by atoms with Crippen molar-refractivity contribution in [1.29, 1.82) is 0 Å². The number of alkyl halides is 1. The second-order valence-corrected chi connectivity index (χ2v) is 6.33. The van der Waals surface area contributed by atoms with E-state index in [4.69, 9.17) is 16.3 Å². The fourth-order valence-electron chi connectivity index (χ4n) is 1.43. The van der Waals surface area contributed by atoms with E-state index in [1.807, 2.05) is 36.4 Å². The number of rotatable bonds is 3. The number of halogens is 4. The van der Waals surface area contributed by atoms with Gasteiger partial charge in [0.05, 0.1) is 4.47 Å². The molecule has 0 saturated carbocycles. The van der Waals surface area contributed by atoms with Crippen molar-refractivity contribution in [2.75, 3.05) is 0 Å². The molecule has 18 heavy (non-hydrogen) atoms. The molecule has 0 aliphatic rings. The van der Waals surface area contributed by atoms with Crippen molar-refractivity contribution in [1.82, 2.24) is 0 Å². The number of hydrogen-bond donors (Lipinski definition) is 0. The van der Waals surface area contributed by atoms with Crippen LogP contribution in [-0.2, 0) is 5.33 Å². The van der Waals surface area contributed by atoms with E-state index in [1.54, 1.807) is 0 Å². The van der Waals surface area contributed by atoms with Crippen LogP contribution in [0.4, 0.5) is 0 Å². The molecule has 2 rings (SSSR count). The Labute approximate surface area is 136 Å². The summed E-state index contributed by atoms with van der Waals surface area (Å²) in [5.74, 6) is 1.56. The molecule has 0 aliphatic carbocycles. The molecule has 0 aliphatic heterocycles. The van der Waals surface area contributed by atoms with Gasteiger partial charge in [-0.3, -0.25) is 0 Å². The molecule has 0 atom stereocenters. The van der Waals surface area contributed by atoms with E-state index in [0.29, 0.717) is 10.4 Å². The van der Waals surface area contributed by atoms with Gasteiger partial charge in [-0.15, -0.1) is 0 Å². The highest BCUT2D eigenvalue weighted by molar-refractivity contribution is 9.11. The first-order valence-corrected chi connectivity index (χ1v) is 8.16. The maximum atomic E-state index is 5.96. The van der Waals surface area contributed by atoms with Crippen molar-refractivity contribution < 1.29 is 4.74 Å². The number of benzene rings is 2. The van der Waals surface area contributed by atoms with Gasteiger partial charge in [0.25, 0.3) is 0 Å². The maximum Gasteiger partial charge on any atom is 0.141 e. The van der Waals surface area contributed by atoms with Crippen molar-refractivity contribution in [2.45, 2.75) is 5.33 Å². The predicted molar refractivity (Wildman–Crippen MR) is 86.0 cm³/mol. The Morgan fingerprint density at radius 3 is 2.39 bits per heavy atom. The van der Waals surface area contributed by atoms with Crippen LogP contribution >= 0.6 is 59.4 Å². The van der Waals surface area contributed by atoms with Gasteiger partial charge >= 0.3 is 0 Å². The summed E-state index contributed by atoms with van der Waals surface area (Å²) >= 11 is 16.3. The van der Waals surface area contributed by atoms with Gasteiger partial charge in [0.2, 0.25) is 0 Å². The zero-order valence-electron chi connectivity index (χ0n) is 9.09. The molecular weight excluding hydrogens is 447 g/mol. The predicted octanol–water partition coefficient (Wildman–Crippen LogP) is 6.55. The Bertz CT molecular complexity index is 572. The molecule has 0 unspecified atom stereocenters. The summed E-state index contributed by atoms with van der Waals surface area (Å²) in [6.45, 7) is 0. The average molecular weight is 455 g/mol. The average Bonchev–Trinajstić information content (AvgIpc) is 2.34.